The molecule has 0 N–H and O–H groups in total. The number of ether oxygens (including phenoxy) is 2. The first-order valence-electron chi connectivity index (χ1n) is 8.31. The fourth-order valence-electron chi connectivity index (χ4n) is 2.42. The van der Waals surface area contributed by atoms with E-state index in [4.69, 9.17) is 9.47 Å². The molecule has 138 valence electrons. The van der Waals surface area contributed by atoms with Gasteiger partial charge in [0, 0.05) is 0 Å². The molecule has 1 heterocycles. The van der Waals surface area contributed by atoms with E-state index in [9.17, 15) is 14.4 Å². The molecule has 0 atom stereocenters. The van der Waals surface area contributed by atoms with Crippen LogP contribution in [0.2, 0.25) is 0 Å². The Morgan fingerprint density at radius 2 is 1.81 bits per heavy atom. The number of esters is 1. The molecular formula is C20H17NO5S. The Bertz CT molecular complexity index is 894. The van der Waals surface area contributed by atoms with Crippen molar-refractivity contribution in [2.75, 3.05) is 13.2 Å². The summed E-state index contributed by atoms with van der Waals surface area (Å²) in [6, 6.07) is 16.5. The summed E-state index contributed by atoms with van der Waals surface area (Å²) in [7, 11) is 0. The lowest BCUT2D eigenvalue weighted by Crippen LogP contribution is -2.34. The second-order valence-corrected chi connectivity index (χ2v) is 6.55. The summed E-state index contributed by atoms with van der Waals surface area (Å²) in [6.07, 6.45) is 1.61. The van der Waals surface area contributed by atoms with Crippen molar-refractivity contribution in [2.45, 2.75) is 6.92 Å². The van der Waals surface area contributed by atoms with Crippen molar-refractivity contribution in [1.82, 2.24) is 4.90 Å². The minimum atomic E-state index is -0.612. The number of nitrogens with zero attached hydrogens (tertiary/aromatic N) is 1. The van der Waals surface area contributed by atoms with Crippen LogP contribution in [0.4, 0.5) is 4.79 Å². The SMILES string of the molecule is CCOC(=O)CN1C(=O)SC(=Cc2cccc(Oc3ccccc3)c2)C1=O. The van der Waals surface area contributed by atoms with E-state index in [1.807, 2.05) is 30.3 Å². The molecule has 7 heteroatoms. The van der Waals surface area contributed by atoms with Crippen molar-refractivity contribution in [2.24, 2.45) is 0 Å². The lowest BCUT2D eigenvalue weighted by molar-refractivity contribution is -0.145. The Balaban J connectivity index is 1.75. The number of hydrogen-bond acceptors (Lipinski definition) is 6. The van der Waals surface area contributed by atoms with Crippen molar-refractivity contribution in [3.63, 3.8) is 0 Å². The normalized spacial score (nSPS) is 15.3. The van der Waals surface area contributed by atoms with Crippen LogP contribution in [-0.4, -0.2) is 35.2 Å². The van der Waals surface area contributed by atoms with Crippen LogP contribution in [0, 0.1) is 0 Å². The molecule has 2 aromatic carbocycles. The van der Waals surface area contributed by atoms with E-state index in [1.165, 1.54) is 0 Å². The van der Waals surface area contributed by atoms with E-state index in [0.29, 0.717) is 17.1 Å². The molecule has 6 nitrogen and oxygen atoms in total. The Morgan fingerprint density at radius 1 is 1.07 bits per heavy atom. The van der Waals surface area contributed by atoms with Gasteiger partial charge in [0.2, 0.25) is 0 Å². The second-order valence-electron chi connectivity index (χ2n) is 5.56. The number of carbonyl (C=O) groups excluding carboxylic acids is 3. The standard InChI is InChI=1S/C20H17NO5S/c1-2-25-18(22)13-21-19(23)17(27-20(21)24)12-14-7-6-10-16(11-14)26-15-8-4-3-5-9-15/h3-12H,2,13H2,1H3. The van der Waals surface area contributed by atoms with E-state index < -0.39 is 17.1 Å². The Hall–Kier alpha value is -3.06. The van der Waals surface area contributed by atoms with Crippen molar-refractivity contribution >= 4 is 35.0 Å². The fraction of sp³-hybridized carbons (Fsp3) is 0.150. The van der Waals surface area contributed by atoms with E-state index in [0.717, 1.165) is 16.7 Å². The third-order valence-corrected chi connectivity index (χ3v) is 4.51. The monoisotopic (exact) mass is 383 g/mol. The van der Waals surface area contributed by atoms with E-state index in [-0.39, 0.29) is 18.1 Å². The molecule has 1 saturated heterocycles. The summed E-state index contributed by atoms with van der Waals surface area (Å²) in [6.45, 7) is 1.47. The maximum atomic E-state index is 12.4. The van der Waals surface area contributed by atoms with Crippen molar-refractivity contribution in [3.05, 3.63) is 65.1 Å². The van der Waals surface area contributed by atoms with Crippen LogP contribution in [0.15, 0.2) is 59.5 Å². The molecule has 1 fully saturated rings. The first-order chi connectivity index (χ1) is 13.1. The third kappa shape index (κ3) is 4.77. The van der Waals surface area contributed by atoms with Crippen LogP contribution < -0.4 is 4.74 Å². The van der Waals surface area contributed by atoms with Crippen LogP contribution in [0.5, 0.6) is 11.5 Å². The van der Waals surface area contributed by atoms with Gasteiger partial charge in [0.25, 0.3) is 11.1 Å². The summed E-state index contributed by atoms with van der Waals surface area (Å²) in [5.41, 5.74) is 0.713. The predicted molar refractivity (Wildman–Crippen MR) is 102 cm³/mol. The van der Waals surface area contributed by atoms with Crippen LogP contribution in [0.3, 0.4) is 0 Å². The highest BCUT2D eigenvalue weighted by molar-refractivity contribution is 8.18. The van der Waals surface area contributed by atoms with Gasteiger partial charge in [-0.15, -0.1) is 0 Å². The Labute approximate surface area is 160 Å². The molecule has 2 aromatic rings. The molecule has 2 amide bonds. The largest absolute Gasteiger partial charge is 0.465 e. The quantitative estimate of drug-likeness (QED) is 0.553. The molecule has 0 aliphatic carbocycles. The molecule has 0 saturated carbocycles. The van der Waals surface area contributed by atoms with Crippen molar-refractivity contribution < 1.29 is 23.9 Å². The molecule has 0 aromatic heterocycles. The minimum absolute atomic E-state index is 0.194. The average molecular weight is 383 g/mol. The van der Waals surface area contributed by atoms with Crippen LogP contribution in [0.1, 0.15) is 12.5 Å². The summed E-state index contributed by atoms with van der Waals surface area (Å²) in [5.74, 6) is 0.192. The van der Waals surface area contributed by atoms with Crippen LogP contribution in [-0.2, 0) is 14.3 Å². The molecular weight excluding hydrogens is 366 g/mol. The van der Waals surface area contributed by atoms with Gasteiger partial charge in [-0.1, -0.05) is 30.3 Å². The smallest absolute Gasteiger partial charge is 0.326 e. The van der Waals surface area contributed by atoms with Gasteiger partial charge < -0.3 is 9.47 Å². The fourth-order valence-corrected chi connectivity index (χ4v) is 3.25. The zero-order valence-electron chi connectivity index (χ0n) is 14.6. The van der Waals surface area contributed by atoms with Gasteiger partial charge in [-0.2, -0.15) is 0 Å². The number of para-hydroxylation sites is 1. The summed E-state index contributed by atoms with van der Waals surface area (Å²) < 4.78 is 10.6. The molecule has 0 radical (unpaired) electrons. The van der Waals surface area contributed by atoms with Gasteiger partial charge in [0.05, 0.1) is 11.5 Å². The highest BCUT2D eigenvalue weighted by Gasteiger charge is 2.36. The zero-order chi connectivity index (χ0) is 19.2. The third-order valence-electron chi connectivity index (χ3n) is 3.60. The summed E-state index contributed by atoms with van der Waals surface area (Å²) >= 11 is 0.796. The van der Waals surface area contributed by atoms with Gasteiger partial charge in [-0.05, 0) is 54.6 Å². The molecule has 1 aliphatic rings. The number of thioether (sulfide) groups is 1. The summed E-state index contributed by atoms with van der Waals surface area (Å²) in [5, 5.41) is -0.490. The molecule has 0 spiro atoms. The van der Waals surface area contributed by atoms with Gasteiger partial charge in [-0.3, -0.25) is 19.3 Å². The predicted octanol–water partition coefficient (Wildman–Crippen LogP) is 4.08. The zero-order valence-corrected chi connectivity index (χ0v) is 15.4. The van der Waals surface area contributed by atoms with Gasteiger partial charge in [0.1, 0.15) is 18.0 Å². The first-order valence-corrected chi connectivity index (χ1v) is 9.12. The molecule has 3 rings (SSSR count). The van der Waals surface area contributed by atoms with Gasteiger partial charge in [-0.25, -0.2) is 0 Å². The maximum Gasteiger partial charge on any atom is 0.326 e. The molecule has 1 aliphatic heterocycles. The van der Waals surface area contributed by atoms with Crippen molar-refractivity contribution in [3.8, 4) is 11.5 Å². The number of imide groups is 1. The highest BCUT2D eigenvalue weighted by Crippen LogP contribution is 2.33. The Kier molecular flexibility index (Phi) is 5.93. The van der Waals surface area contributed by atoms with E-state index >= 15 is 0 Å². The number of carbonyl (C=O) groups is 3. The summed E-state index contributed by atoms with van der Waals surface area (Å²) in [4.78, 5) is 37.1. The lowest BCUT2D eigenvalue weighted by atomic mass is 10.2. The number of hydrogen-bond donors (Lipinski definition) is 0. The Morgan fingerprint density at radius 3 is 2.56 bits per heavy atom. The minimum Gasteiger partial charge on any atom is -0.465 e. The van der Waals surface area contributed by atoms with Gasteiger partial charge in [0.15, 0.2) is 0 Å². The number of rotatable bonds is 6. The van der Waals surface area contributed by atoms with Crippen molar-refractivity contribution in [1.29, 1.82) is 0 Å². The van der Waals surface area contributed by atoms with Crippen LogP contribution >= 0.6 is 11.8 Å². The lowest BCUT2D eigenvalue weighted by Gasteiger charge is -2.10. The molecule has 0 unspecified atom stereocenters. The van der Waals surface area contributed by atoms with Crippen LogP contribution in [0.25, 0.3) is 6.08 Å². The first kappa shape index (κ1) is 18.7. The van der Waals surface area contributed by atoms with E-state index in [2.05, 4.69) is 0 Å². The number of benzene rings is 2. The highest BCUT2D eigenvalue weighted by atomic mass is 32.2. The number of amides is 2. The topological polar surface area (TPSA) is 72.9 Å². The average Bonchev–Trinajstić information content (AvgIpc) is 2.90. The maximum absolute atomic E-state index is 12.4. The van der Waals surface area contributed by atoms with E-state index in [1.54, 1.807) is 37.3 Å². The molecule has 0 bridgehead atoms. The second kappa shape index (κ2) is 8.55. The van der Waals surface area contributed by atoms with Gasteiger partial charge >= 0.3 is 5.97 Å². The molecule has 27 heavy (non-hydrogen) atoms.